The maximum absolute atomic E-state index is 12.4. The Bertz CT molecular complexity index is 904. The molecular weight excluding hydrogens is 324 g/mol. The predicted octanol–water partition coefficient (Wildman–Crippen LogP) is 3.39. The Balaban J connectivity index is 1.82. The molecule has 2 aromatic carbocycles. The van der Waals surface area contributed by atoms with Gasteiger partial charge in [0.05, 0.1) is 11.3 Å². The molecule has 0 unspecified atom stereocenters. The van der Waals surface area contributed by atoms with Crippen LogP contribution in [0.5, 0.6) is 5.75 Å². The van der Waals surface area contributed by atoms with Crippen molar-refractivity contribution >= 4 is 23.2 Å². The number of phenols is 1. The van der Waals surface area contributed by atoms with E-state index in [1.807, 2.05) is 30.3 Å². The molecule has 6 heteroatoms. The second-order valence-corrected chi connectivity index (χ2v) is 6.10. The highest BCUT2D eigenvalue weighted by Crippen LogP contribution is 2.27. The summed E-state index contributed by atoms with van der Waals surface area (Å²) in [5.74, 6) is -1.35. The van der Waals surface area contributed by atoms with Crippen LogP contribution in [0.3, 0.4) is 0 Å². The summed E-state index contributed by atoms with van der Waals surface area (Å²) in [7, 11) is 0. The number of phenolic OH excluding ortho intramolecular Hbond substituents is 1. The summed E-state index contributed by atoms with van der Waals surface area (Å²) in [5, 5.41) is 12.7. The quantitative estimate of drug-likeness (QED) is 0.718. The molecule has 0 fully saturated rings. The molecule has 0 aliphatic rings. The Labute approximate surface area is 142 Å². The summed E-state index contributed by atoms with van der Waals surface area (Å²) in [6.45, 7) is 1.72. The fourth-order valence-corrected chi connectivity index (χ4v) is 3.17. The van der Waals surface area contributed by atoms with Gasteiger partial charge in [-0.3, -0.25) is 14.9 Å². The number of carbonyl (C=O) groups is 2. The van der Waals surface area contributed by atoms with Crippen molar-refractivity contribution in [3.05, 3.63) is 70.7 Å². The highest BCUT2D eigenvalue weighted by atomic mass is 32.1. The van der Waals surface area contributed by atoms with E-state index in [1.165, 1.54) is 23.5 Å². The summed E-state index contributed by atoms with van der Waals surface area (Å²) >= 11 is 1.22. The lowest BCUT2D eigenvalue weighted by atomic mass is 10.2. The Kier molecular flexibility index (Phi) is 4.39. The zero-order chi connectivity index (χ0) is 17.1. The molecule has 3 aromatic rings. The molecule has 3 rings (SSSR count). The van der Waals surface area contributed by atoms with Gasteiger partial charge in [-0.2, -0.15) is 0 Å². The maximum Gasteiger partial charge on any atom is 0.270 e. The number of nitrogens with one attached hydrogen (secondary N) is 1. The summed E-state index contributed by atoms with van der Waals surface area (Å²) in [4.78, 5) is 29.3. The van der Waals surface area contributed by atoms with Crippen molar-refractivity contribution in [1.29, 1.82) is 0 Å². The van der Waals surface area contributed by atoms with E-state index in [1.54, 1.807) is 19.1 Å². The Hall–Kier alpha value is -2.99. The minimum atomic E-state index is -0.646. The van der Waals surface area contributed by atoms with Crippen LogP contribution < -0.4 is 5.32 Å². The SMILES string of the molecule is Cc1nc(-c2ccccc2)sc1C(=O)NC(=O)c1ccccc1O. The molecule has 0 bridgehead atoms. The number of hydrogen-bond donors (Lipinski definition) is 2. The van der Waals surface area contributed by atoms with Crippen molar-refractivity contribution in [3.8, 4) is 16.3 Å². The molecular formula is C18H14N2O3S. The highest BCUT2D eigenvalue weighted by molar-refractivity contribution is 7.17. The van der Waals surface area contributed by atoms with Crippen LogP contribution in [0.4, 0.5) is 0 Å². The molecule has 0 spiro atoms. The van der Waals surface area contributed by atoms with E-state index in [4.69, 9.17) is 0 Å². The molecule has 2 amide bonds. The van der Waals surface area contributed by atoms with Gasteiger partial charge in [-0.15, -0.1) is 11.3 Å². The van der Waals surface area contributed by atoms with Gasteiger partial charge in [0.15, 0.2) is 0 Å². The summed E-state index contributed by atoms with van der Waals surface area (Å²) in [5.41, 5.74) is 1.52. The molecule has 1 heterocycles. The van der Waals surface area contributed by atoms with Gasteiger partial charge in [-0.05, 0) is 19.1 Å². The normalized spacial score (nSPS) is 10.4. The standard InChI is InChI=1S/C18H14N2O3S/c1-11-15(24-18(19-11)12-7-3-2-4-8-12)17(23)20-16(22)13-9-5-6-10-14(13)21/h2-10,21H,1H3,(H,20,22,23). The van der Waals surface area contributed by atoms with Crippen LogP contribution in [0.25, 0.3) is 10.6 Å². The number of aryl methyl sites for hydroxylation is 1. The third-order valence-electron chi connectivity index (χ3n) is 3.40. The van der Waals surface area contributed by atoms with Crippen molar-refractivity contribution in [2.24, 2.45) is 0 Å². The van der Waals surface area contributed by atoms with Gasteiger partial charge >= 0.3 is 0 Å². The Morgan fingerprint density at radius 1 is 1.00 bits per heavy atom. The zero-order valence-corrected chi connectivity index (χ0v) is 13.6. The molecule has 0 radical (unpaired) electrons. The first kappa shape index (κ1) is 15.9. The van der Waals surface area contributed by atoms with Gasteiger partial charge in [0, 0.05) is 5.56 Å². The summed E-state index contributed by atoms with van der Waals surface area (Å²) in [6, 6.07) is 15.6. The van der Waals surface area contributed by atoms with E-state index < -0.39 is 11.8 Å². The third-order valence-corrected chi connectivity index (χ3v) is 4.60. The van der Waals surface area contributed by atoms with E-state index in [0.717, 1.165) is 5.56 Å². The fourth-order valence-electron chi connectivity index (χ4n) is 2.20. The monoisotopic (exact) mass is 338 g/mol. The maximum atomic E-state index is 12.4. The minimum Gasteiger partial charge on any atom is -0.507 e. The lowest BCUT2D eigenvalue weighted by Crippen LogP contribution is -2.30. The third kappa shape index (κ3) is 3.18. The van der Waals surface area contributed by atoms with E-state index >= 15 is 0 Å². The van der Waals surface area contributed by atoms with Crippen molar-refractivity contribution in [1.82, 2.24) is 10.3 Å². The number of aromatic nitrogens is 1. The number of hydrogen-bond acceptors (Lipinski definition) is 5. The van der Waals surface area contributed by atoms with Crippen molar-refractivity contribution in [3.63, 3.8) is 0 Å². The summed E-state index contributed by atoms with van der Waals surface area (Å²) in [6.07, 6.45) is 0. The molecule has 0 aliphatic heterocycles. The van der Waals surface area contributed by atoms with Gasteiger partial charge < -0.3 is 5.11 Å². The second kappa shape index (κ2) is 6.64. The Morgan fingerprint density at radius 3 is 2.38 bits per heavy atom. The largest absolute Gasteiger partial charge is 0.507 e. The molecule has 24 heavy (non-hydrogen) atoms. The first-order valence-electron chi connectivity index (χ1n) is 7.23. The minimum absolute atomic E-state index is 0.0521. The van der Waals surface area contributed by atoms with Gasteiger partial charge in [-0.25, -0.2) is 4.98 Å². The number of carbonyl (C=O) groups excluding carboxylic acids is 2. The topological polar surface area (TPSA) is 79.3 Å². The first-order chi connectivity index (χ1) is 11.6. The average molecular weight is 338 g/mol. The molecule has 2 N–H and O–H groups in total. The number of rotatable bonds is 3. The average Bonchev–Trinajstić information content (AvgIpc) is 2.98. The molecule has 1 aromatic heterocycles. The van der Waals surface area contributed by atoms with Gasteiger partial charge in [0.1, 0.15) is 15.6 Å². The number of para-hydroxylation sites is 1. The van der Waals surface area contributed by atoms with Crippen LogP contribution in [-0.2, 0) is 0 Å². The second-order valence-electron chi connectivity index (χ2n) is 5.10. The molecule has 0 saturated carbocycles. The van der Waals surface area contributed by atoms with E-state index in [-0.39, 0.29) is 11.3 Å². The van der Waals surface area contributed by atoms with Crippen molar-refractivity contribution < 1.29 is 14.7 Å². The fraction of sp³-hybridized carbons (Fsp3) is 0.0556. The van der Waals surface area contributed by atoms with Gasteiger partial charge in [0.25, 0.3) is 11.8 Å². The van der Waals surface area contributed by atoms with E-state index in [0.29, 0.717) is 15.6 Å². The number of aromatic hydroxyl groups is 1. The number of benzene rings is 2. The number of imide groups is 1. The van der Waals surface area contributed by atoms with E-state index in [2.05, 4.69) is 10.3 Å². The number of thiazole rings is 1. The van der Waals surface area contributed by atoms with Crippen LogP contribution in [-0.4, -0.2) is 21.9 Å². The van der Waals surface area contributed by atoms with Crippen LogP contribution in [0.2, 0.25) is 0 Å². The predicted molar refractivity (Wildman–Crippen MR) is 92.2 cm³/mol. The number of nitrogens with zero attached hydrogens (tertiary/aromatic N) is 1. The van der Waals surface area contributed by atoms with Crippen LogP contribution in [0, 0.1) is 6.92 Å². The van der Waals surface area contributed by atoms with Crippen LogP contribution >= 0.6 is 11.3 Å². The van der Waals surface area contributed by atoms with Crippen molar-refractivity contribution in [2.75, 3.05) is 0 Å². The van der Waals surface area contributed by atoms with Gasteiger partial charge in [0.2, 0.25) is 0 Å². The molecule has 0 saturated heterocycles. The highest BCUT2D eigenvalue weighted by Gasteiger charge is 2.20. The van der Waals surface area contributed by atoms with Crippen LogP contribution in [0.1, 0.15) is 25.7 Å². The van der Waals surface area contributed by atoms with Crippen LogP contribution in [0.15, 0.2) is 54.6 Å². The summed E-state index contributed by atoms with van der Waals surface area (Å²) < 4.78 is 0. The number of amides is 2. The lowest BCUT2D eigenvalue weighted by molar-refractivity contribution is 0.0850. The lowest BCUT2D eigenvalue weighted by Gasteiger charge is -2.04. The zero-order valence-electron chi connectivity index (χ0n) is 12.8. The smallest absolute Gasteiger partial charge is 0.270 e. The molecule has 5 nitrogen and oxygen atoms in total. The van der Waals surface area contributed by atoms with Crippen molar-refractivity contribution in [2.45, 2.75) is 6.92 Å². The first-order valence-corrected chi connectivity index (χ1v) is 8.04. The van der Waals surface area contributed by atoms with Gasteiger partial charge in [-0.1, -0.05) is 42.5 Å². The van der Waals surface area contributed by atoms with E-state index in [9.17, 15) is 14.7 Å². The molecule has 120 valence electrons. The molecule has 0 atom stereocenters. The Morgan fingerprint density at radius 2 is 1.67 bits per heavy atom. The molecule has 0 aliphatic carbocycles.